The second-order valence-electron chi connectivity index (χ2n) is 8.71. The van der Waals surface area contributed by atoms with E-state index in [1.807, 2.05) is 35.2 Å². The van der Waals surface area contributed by atoms with E-state index in [9.17, 15) is 14.0 Å². The Kier molecular flexibility index (Phi) is 5.47. The Morgan fingerprint density at radius 1 is 1.18 bits per heavy atom. The normalized spacial score (nSPS) is 16.3. The van der Waals surface area contributed by atoms with Gasteiger partial charge in [-0.25, -0.2) is 14.2 Å². The number of hydrogen-bond acceptors (Lipinski definition) is 3. The van der Waals surface area contributed by atoms with Gasteiger partial charge >= 0.3 is 6.09 Å². The summed E-state index contributed by atoms with van der Waals surface area (Å²) in [6.45, 7) is 3.62. The summed E-state index contributed by atoms with van der Waals surface area (Å²) in [5.41, 5.74) is 3.80. The van der Waals surface area contributed by atoms with Crippen molar-refractivity contribution in [3.05, 3.63) is 53.8 Å². The van der Waals surface area contributed by atoms with Crippen molar-refractivity contribution >= 4 is 33.9 Å². The van der Waals surface area contributed by atoms with Gasteiger partial charge in [0, 0.05) is 43.7 Å². The predicted molar refractivity (Wildman–Crippen MR) is 127 cm³/mol. The van der Waals surface area contributed by atoms with Crippen molar-refractivity contribution < 1.29 is 19.1 Å². The number of fused-ring (bicyclic) bond motifs is 2. The summed E-state index contributed by atoms with van der Waals surface area (Å²) in [6.07, 6.45) is 0.386. The largest absolute Gasteiger partial charge is 0.465 e. The minimum atomic E-state index is -1.08. The van der Waals surface area contributed by atoms with Crippen LogP contribution in [0, 0.1) is 5.82 Å². The number of aromatic nitrogens is 3. The first kappa shape index (κ1) is 21.9. The zero-order valence-electron chi connectivity index (χ0n) is 19.1. The molecule has 176 valence electrons. The van der Waals surface area contributed by atoms with Gasteiger partial charge in [0.25, 0.3) is 5.91 Å². The Bertz CT molecular complexity index is 1420. The summed E-state index contributed by atoms with van der Waals surface area (Å²) < 4.78 is 17.9. The average Bonchev–Trinajstić information content (AvgIpc) is 3.34. The Labute approximate surface area is 195 Å². The average molecular weight is 464 g/mol. The minimum absolute atomic E-state index is 0.135. The molecule has 2 aromatic carbocycles. The molecule has 1 aliphatic rings. The van der Waals surface area contributed by atoms with Gasteiger partial charge in [-0.3, -0.25) is 4.79 Å². The maximum absolute atomic E-state index is 13.9. The number of imidazole rings is 1. The number of nitrogens with zero attached hydrogens (tertiary/aromatic N) is 4. The molecule has 1 aliphatic heterocycles. The minimum Gasteiger partial charge on any atom is -0.465 e. The number of likely N-dealkylation sites (tertiary alicyclic amines) is 1. The number of amides is 2. The van der Waals surface area contributed by atoms with Crippen LogP contribution in [-0.4, -0.2) is 55.3 Å². The number of carbonyl (C=O) groups is 2. The first-order valence-electron chi connectivity index (χ1n) is 11.4. The fourth-order valence-corrected chi connectivity index (χ4v) is 4.95. The highest BCUT2D eigenvalue weighted by atomic mass is 19.1. The molecule has 1 saturated heterocycles. The zero-order chi connectivity index (χ0) is 24.0. The number of aryl methyl sites for hydroxylation is 2. The van der Waals surface area contributed by atoms with Gasteiger partial charge < -0.3 is 24.5 Å². The molecular weight excluding hydrogens is 437 g/mol. The van der Waals surface area contributed by atoms with E-state index >= 15 is 0 Å². The van der Waals surface area contributed by atoms with E-state index in [1.54, 1.807) is 23.1 Å². The second kappa shape index (κ2) is 8.48. The lowest BCUT2D eigenvalue weighted by Crippen LogP contribution is -2.49. The number of rotatable bonds is 4. The first-order valence-corrected chi connectivity index (χ1v) is 11.4. The molecule has 4 aromatic rings. The van der Waals surface area contributed by atoms with Crippen LogP contribution in [0.15, 0.2) is 42.5 Å². The molecule has 2 N–H and O–H groups in total. The maximum atomic E-state index is 13.9. The lowest BCUT2D eigenvalue weighted by Gasteiger charge is -2.32. The molecule has 0 aliphatic carbocycles. The van der Waals surface area contributed by atoms with Crippen LogP contribution in [-0.2, 0) is 13.6 Å². The fraction of sp³-hybridized carbons (Fsp3) is 0.320. The Hall–Kier alpha value is -3.88. The number of benzene rings is 2. The summed E-state index contributed by atoms with van der Waals surface area (Å²) in [7, 11) is 1.93. The van der Waals surface area contributed by atoms with E-state index in [1.165, 1.54) is 12.1 Å². The first-order chi connectivity index (χ1) is 16.4. The third kappa shape index (κ3) is 3.76. The third-order valence-corrected chi connectivity index (χ3v) is 6.58. The van der Waals surface area contributed by atoms with E-state index in [2.05, 4.69) is 5.32 Å². The van der Waals surface area contributed by atoms with Crippen LogP contribution in [0.1, 0.15) is 30.1 Å². The van der Waals surface area contributed by atoms with E-state index in [0.717, 1.165) is 34.4 Å². The van der Waals surface area contributed by atoms with Gasteiger partial charge in [-0.1, -0.05) is 0 Å². The van der Waals surface area contributed by atoms with E-state index in [-0.39, 0.29) is 17.8 Å². The van der Waals surface area contributed by atoms with Crippen molar-refractivity contribution in [3.8, 4) is 11.5 Å². The van der Waals surface area contributed by atoms with Gasteiger partial charge in [0.15, 0.2) is 5.82 Å². The quantitative estimate of drug-likeness (QED) is 0.474. The van der Waals surface area contributed by atoms with Crippen LogP contribution in [0.4, 0.5) is 9.18 Å². The summed E-state index contributed by atoms with van der Waals surface area (Å²) in [5.74, 6) is 0.324. The third-order valence-electron chi connectivity index (χ3n) is 6.58. The highest BCUT2D eigenvalue weighted by Crippen LogP contribution is 2.31. The van der Waals surface area contributed by atoms with Crippen molar-refractivity contribution in [3.63, 3.8) is 0 Å². The fourth-order valence-electron chi connectivity index (χ4n) is 4.95. The molecule has 2 amide bonds. The molecule has 0 spiro atoms. The number of halogens is 1. The monoisotopic (exact) mass is 463 g/mol. The summed E-state index contributed by atoms with van der Waals surface area (Å²) in [4.78, 5) is 30.7. The molecule has 2 aromatic heterocycles. The molecule has 1 atom stereocenters. The highest BCUT2D eigenvalue weighted by molar-refractivity contribution is 5.98. The molecule has 0 unspecified atom stereocenters. The Morgan fingerprint density at radius 2 is 2.00 bits per heavy atom. The number of nitrogens with one attached hydrogen (secondary N) is 1. The van der Waals surface area contributed by atoms with E-state index < -0.39 is 6.09 Å². The molecule has 0 radical (unpaired) electrons. The predicted octanol–water partition coefficient (Wildman–Crippen LogP) is 4.23. The Morgan fingerprint density at radius 3 is 2.76 bits per heavy atom. The molecule has 8 nitrogen and oxygen atoms in total. The van der Waals surface area contributed by atoms with Crippen molar-refractivity contribution in [1.82, 2.24) is 24.3 Å². The second-order valence-corrected chi connectivity index (χ2v) is 8.71. The maximum Gasteiger partial charge on any atom is 0.404 e. The van der Waals surface area contributed by atoms with Gasteiger partial charge in [-0.05, 0) is 62.2 Å². The molecule has 0 saturated carbocycles. The van der Waals surface area contributed by atoms with Gasteiger partial charge in [-0.15, -0.1) is 0 Å². The SMILES string of the molecule is CCn1c(-c2nc3cc(C(=O)N4CCC[C@@H](NC(=O)O)C4)ccc3n2C)cc2ccc(F)cc21. The summed E-state index contributed by atoms with van der Waals surface area (Å²) in [6, 6.07) is 12.0. The highest BCUT2D eigenvalue weighted by Gasteiger charge is 2.26. The van der Waals surface area contributed by atoms with Gasteiger partial charge in [-0.2, -0.15) is 0 Å². The smallest absolute Gasteiger partial charge is 0.404 e. The number of carbonyl (C=O) groups excluding carboxylic acids is 1. The molecule has 9 heteroatoms. The summed E-state index contributed by atoms with van der Waals surface area (Å²) in [5, 5.41) is 12.4. The van der Waals surface area contributed by atoms with Crippen LogP contribution in [0.3, 0.4) is 0 Å². The molecule has 1 fully saturated rings. The van der Waals surface area contributed by atoms with Crippen LogP contribution in [0.5, 0.6) is 0 Å². The van der Waals surface area contributed by atoms with Crippen LogP contribution in [0.25, 0.3) is 33.5 Å². The van der Waals surface area contributed by atoms with Gasteiger partial charge in [0.05, 0.1) is 22.2 Å². The van der Waals surface area contributed by atoms with Crippen LogP contribution < -0.4 is 5.32 Å². The standard InChI is InChI=1S/C25H26FN5O3/c1-3-31-21-13-17(26)8-6-15(21)12-22(31)23-28-19-11-16(7-9-20(19)29(23)2)24(32)30-10-4-5-18(14-30)27-25(33)34/h6-9,11-13,18,27H,3-5,10,14H2,1-2H3,(H,33,34)/t18-/m1/s1. The zero-order valence-corrected chi connectivity index (χ0v) is 19.1. The molecule has 34 heavy (non-hydrogen) atoms. The lowest BCUT2D eigenvalue weighted by molar-refractivity contribution is 0.0692. The van der Waals surface area contributed by atoms with Crippen molar-refractivity contribution in [2.75, 3.05) is 13.1 Å². The van der Waals surface area contributed by atoms with Crippen LogP contribution >= 0.6 is 0 Å². The van der Waals surface area contributed by atoms with Crippen LogP contribution in [0.2, 0.25) is 0 Å². The molecule has 3 heterocycles. The van der Waals surface area contributed by atoms with Gasteiger partial charge in [0.2, 0.25) is 0 Å². The number of carboxylic acid groups (broad SMARTS) is 1. The van der Waals surface area contributed by atoms with Crippen molar-refractivity contribution in [2.24, 2.45) is 7.05 Å². The summed E-state index contributed by atoms with van der Waals surface area (Å²) >= 11 is 0. The Balaban J connectivity index is 1.50. The molecule has 0 bridgehead atoms. The van der Waals surface area contributed by atoms with E-state index in [4.69, 9.17) is 10.1 Å². The molecular formula is C25H26FN5O3. The van der Waals surface area contributed by atoms with Crippen molar-refractivity contribution in [1.29, 1.82) is 0 Å². The van der Waals surface area contributed by atoms with Crippen molar-refractivity contribution in [2.45, 2.75) is 32.4 Å². The van der Waals surface area contributed by atoms with E-state index in [0.29, 0.717) is 37.1 Å². The number of hydrogen-bond donors (Lipinski definition) is 2. The topological polar surface area (TPSA) is 92.4 Å². The molecule has 5 rings (SSSR count). The van der Waals surface area contributed by atoms with Gasteiger partial charge in [0.1, 0.15) is 5.82 Å². The lowest BCUT2D eigenvalue weighted by atomic mass is 10.0. The number of piperidine rings is 1.